The summed E-state index contributed by atoms with van der Waals surface area (Å²) in [6, 6.07) is 6.57. The quantitative estimate of drug-likeness (QED) is 0.238. The van der Waals surface area contributed by atoms with Crippen LogP contribution in [0.25, 0.3) is 0 Å². The molecule has 0 amide bonds. The molecule has 1 aromatic rings. The van der Waals surface area contributed by atoms with Crippen molar-refractivity contribution < 1.29 is 0 Å². The van der Waals surface area contributed by atoms with E-state index in [1.54, 1.807) is 51.4 Å². The first-order valence-corrected chi connectivity index (χ1v) is 20.3. The molecule has 1 aromatic heterocycles. The van der Waals surface area contributed by atoms with Crippen LogP contribution in [-0.2, 0) is 6.54 Å². The number of pyridine rings is 1. The molecule has 0 unspecified atom stereocenters. The van der Waals surface area contributed by atoms with Gasteiger partial charge in [0.25, 0.3) is 0 Å². The Labute approximate surface area is 238 Å². The van der Waals surface area contributed by atoms with E-state index in [0.29, 0.717) is 0 Å². The molecule has 5 rings (SSSR count). The van der Waals surface area contributed by atoms with Crippen LogP contribution < -0.4 is 0 Å². The lowest BCUT2D eigenvalue weighted by atomic mass is 9.99. The number of hydrogen-bond donors (Lipinski definition) is 0. The van der Waals surface area contributed by atoms with Gasteiger partial charge in [0, 0.05) is 25.8 Å². The first kappa shape index (κ1) is 29.5. The van der Waals surface area contributed by atoms with Gasteiger partial charge in [-0.05, 0) is 98.5 Å². The van der Waals surface area contributed by atoms with Gasteiger partial charge in [0.15, 0.2) is 0 Å². The fraction of sp³-hybridized carbons (Fsp3) is 0.853. The van der Waals surface area contributed by atoms with E-state index in [-0.39, 0.29) is 15.8 Å². The Kier molecular flexibility index (Phi) is 12.7. The molecular formula is C34H58N2P2. The molecule has 0 aromatic carbocycles. The van der Waals surface area contributed by atoms with Crippen molar-refractivity contribution in [1.82, 2.24) is 9.88 Å². The summed E-state index contributed by atoms with van der Waals surface area (Å²) < 4.78 is 0. The minimum atomic E-state index is 0.189. The molecule has 0 bridgehead atoms. The second-order valence-corrected chi connectivity index (χ2v) is 19.1. The van der Waals surface area contributed by atoms with Crippen LogP contribution in [0.5, 0.6) is 0 Å². The lowest BCUT2D eigenvalue weighted by Gasteiger charge is -2.41. The maximum atomic E-state index is 4.80. The highest BCUT2D eigenvalue weighted by atomic mass is 31.1. The summed E-state index contributed by atoms with van der Waals surface area (Å²) in [4.78, 5) is 7.71. The SMILES string of the molecule is c1ccc(CN(CCP(C2CCCCC2)C2CCCCC2)CCP(C2CCCCC2)C2CCCCC2)nc1. The van der Waals surface area contributed by atoms with E-state index < -0.39 is 0 Å². The van der Waals surface area contributed by atoms with Gasteiger partial charge in [-0.25, -0.2) is 0 Å². The Balaban J connectivity index is 1.26. The van der Waals surface area contributed by atoms with Crippen molar-refractivity contribution in [2.24, 2.45) is 0 Å². The Morgan fingerprint density at radius 2 is 0.947 bits per heavy atom. The van der Waals surface area contributed by atoms with Gasteiger partial charge >= 0.3 is 0 Å². The van der Waals surface area contributed by atoms with Gasteiger partial charge in [-0.1, -0.05) is 99.0 Å². The summed E-state index contributed by atoms with van der Waals surface area (Å²) in [5.74, 6) is 0. The van der Waals surface area contributed by atoms with Gasteiger partial charge in [0.2, 0.25) is 0 Å². The topological polar surface area (TPSA) is 16.1 Å². The van der Waals surface area contributed by atoms with Crippen molar-refractivity contribution in [3.8, 4) is 0 Å². The average Bonchev–Trinajstić information content (AvgIpc) is 3.00. The summed E-state index contributed by atoms with van der Waals surface area (Å²) in [7, 11) is 0.378. The van der Waals surface area contributed by atoms with Crippen molar-refractivity contribution in [2.75, 3.05) is 25.4 Å². The van der Waals surface area contributed by atoms with Crippen molar-refractivity contribution in [1.29, 1.82) is 0 Å². The number of hydrogen-bond acceptors (Lipinski definition) is 2. The predicted octanol–water partition coefficient (Wildman–Crippen LogP) is 10.2. The summed E-state index contributed by atoms with van der Waals surface area (Å²) in [5, 5.41) is 0. The van der Waals surface area contributed by atoms with Crippen LogP contribution >= 0.6 is 15.8 Å². The van der Waals surface area contributed by atoms with Gasteiger partial charge in [0.05, 0.1) is 5.69 Å². The van der Waals surface area contributed by atoms with Crippen LogP contribution in [0.15, 0.2) is 24.4 Å². The van der Waals surface area contributed by atoms with E-state index in [4.69, 9.17) is 4.98 Å². The van der Waals surface area contributed by atoms with E-state index in [9.17, 15) is 0 Å². The first-order valence-electron chi connectivity index (χ1n) is 17.0. The Morgan fingerprint density at radius 1 is 0.553 bits per heavy atom. The van der Waals surface area contributed by atoms with Crippen LogP contribution in [0.1, 0.15) is 134 Å². The van der Waals surface area contributed by atoms with Crippen molar-refractivity contribution in [3.05, 3.63) is 30.1 Å². The molecule has 0 radical (unpaired) electrons. The zero-order valence-corrected chi connectivity index (χ0v) is 26.4. The summed E-state index contributed by atoms with van der Waals surface area (Å²) in [5.41, 5.74) is 5.63. The molecule has 4 fully saturated rings. The zero-order valence-electron chi connectivity index (χ0n) is 24.6. The Hall–Kier alpha value is -0.0300. The molecule has 2 nitrogen and oxygen atoms in total. The predicted molar refractivity (Wildman–Crippen MR) is 171 cm³/mol. The minimum Gasteiger partial charge on any atom is -0.297 e. The van der Waals surface area contributed by atoms with E-state index in [1.807, 2.05) is 6.20 Å². The summed E-state index contributed by atoms with van der Waals surface area (Å²) in [6.45, 7) is 3.76. The summed E-state index contributed by atoms with van der Waals surface area (Å²) in [6.07, 6.45) is 35.6. The second-order valence-electron chi connectivity index (χ2n) is 13.2. The molecule has 1 heterocycles. The monoisotopic (exact) mass is 556 g/mol. The van der Waals surface area contributed by atoms with E-state index >= 15 is 0 Å². The lowest BCUT2D eigenvalue weighted by Crippen LogP contribution is -2.33. The fourth-order valence-electron chi connectivity index (χ4n) is 8.48. The maximum absolute atomic E-state index is 4.80. The number of aromatic nitrogens is 1. The van der Waals surface area contributed by atoms with Gasteiger partial charge in [-0.15, -0.1) is 0 Å². The zero-order chi connectivity index (χ0) is 25.8. The molecule has 4 heteroatoms. The highest BCUT2D eigenvalue weighted by molar-refractivity contribution is 7.59. The Morgan fingerprint density at radius 3 is 1.29 bits per heavy atom. The second kappa shape index (κ2) is 16.4. The van der Waals surface area contributed by atoms with Crippen molar-refractivity contribution >= 4 is 15.8 Å². The molecule has 0 spiro atoms. The molecule has 0 aliphatic heterocycles. The Bertz CT molecular complexity index is 669. The van der Waals surface area contributed by atoms with E-state index in [2.05, 4.69) is 23.1 Å². The van der Waals surface area contributed by atoms with Crippen molar-refractivity contribution in [3.63, 3.8) is 0 Å². The molecule has 0 saturated heterocycles. The largest absolute Gasteiger partial charge is 0.297 e. The minimum absolute atomic E-state index is 0.189. The highest BCUT2D eigenvalue weighted by Crippen LogP contribution is 2.57. The van der Waals surface area contributed by atoms with Crippen LogP contribution in [0.3, 0.4) is 0 Å². The van der Waals surface area contributed by atoms with Crippen LogP contribution in [0.4, 0.5) is 0 Å². The standard InChI is InChI=1S/C34H58N2P2/c1-5-16-31(17-6-1)37(32-18-7-2-8-19-32)27-25-36(29-30-15-13-14-24-35-30)26-28-38(33-20-9-3-10-21-33)34-22-11-4-12-23-34/h13-15,24,31-34H,1-12,16-23,25-29H2. The lowest BCUT2D eigenvalue weighted by molar-refractivity contribution is 0.294. The summed E-state index contributed by atoms with van der Waals surface area (Å²) >= 11 is 0. The molecule has 4 saturated carbocycles. The molecular weight excluding hydrogens is 498 g/mol. The maximum Gasteiger partial charge on any atom is 0.0543 e. The van der Waals surface area contributed by atoms with Gasteiger partial charge < -0.3 is 0 Å². The van der Waals surface area contributed by atoms with Crippen LogP contribution in [-0.4, -0.2) is 57.9 Å². The molecule has 4 aliphatic rings. The smallest absolute Gasteiger partial charge is 0.0543 e. The van der Waals surface area contributed by atoms with Crippen molar-refractivity contribution in [2.45, 2.75) is 158 Å². The van der Waals surface area contributed by atoms with Crippen LogP contribution in [0, 0.1) is 0 Å². The third-order valence-electron chi connectivity index (χ3n) is 10.6. The van der Waals surface area contributed by atoms with E-state index in [0.717, 1.165) is 29.2 Å². The molecule has 214 valence electrons. The third-order valence-corrected chi connectivity index (χ3v) is 17.9. The average molecular weight is 557 g/mol. The molecule has 38 heavy (non-hydrogen) atoms. The van der Waals surface area contributed by atoms with Gasteiger partial charge in [-0.2, -0.15) is 0 Å². The van der Waals surface area contributed by atoms with Gasteiger partial charge in [0.1, 0.15) is 0 Å². The first-order chi connectivity index (χ1) is 18.9. The molecule has 4 aliphatic carbocycles. The van der Waals surface area contributed by atoms with Crippen LogP contribution in [0.2, 0.25) is 0 Å². The van der Waals surface area contributed by atoms with E-state index in [1.165, 1.54) is 108 Å². The normalized spacial score (nSPS) is 23.6. The fourth-order valence-corrected chi connectivity index (χ4v) is 16.3. The highest BCUT2D eigenvalue weighted by Gasteiger charge is 2.33. The number of nitrogens with zero attached hydrogens (tertiary/aromatic N) is 2. The molecule has 0 atom stereocenters. The number of rotatable bonds is 12. The molecule has 0 N–H and O–H groups in total. The van der Waals surface area contributed by atoms with Gasteiger partial charge in [-0.3, -0.25) is 9.88 Å². The third kappa shape index (κ3) is 8.98.